The van der Waals surface area contributed by atoms with Crippen molar-refractivity contribution < 1.29 is 5.11 Å². The Labute approximate surface area is 96.1 Å². The molecule has 1 aromatic carbocycles. The standard InChI is InChI=1S/C9H8ClN5O/c10-7-13-8(11)15-9(14-7)12-5-1-3-6(16)4-2-5/h1-4,16H,(H3,11,12,13,14,15). The lowest BCUT2D eigenvalue weighted by Crippen LogP contribution is -2.03. The summed E-state index contributed by atoms with van der Waals surface area (Å²) in [6, 6.07) is 6.41. The van der Waals surface area contributed by atoms with Gasteiger partial charge in [-0.05, 0) is 35.9 Å². The molecule has 0 amide bonds. The highest BCUT2D eigenvalue weighted by Gasteiger charge is 2.02. The number of phenolic OH excluding ortho intramolecular Hbond substituents is 1. The van der Waals surface area contributed by atoms with Crippen LogP contribution in [0.25, 0.3) is 0 Å². The van der Waals surface area contributed by atoms with Crippen LogP contribution in [-0.4, -0.2) is 20.1 Å². The highest BCUT2D eigenvalue weighted by atomic mass is 35.5. The number of anilines is 3. The molecule has 2 aromatic rings. The van der Waals surface area contributed by atoms with E-state index in [1.807, 2.05) is 0 Å². The Morgan fingerprint density at radius 3 is 2.44 bits per heavy atom. The van der Waals surface area contributed by atoms with Crippen LogP contribution in [0.4, 0.5) is 17.6 Å². The third-order valence-electron chi connectivity index (χ3n) is 1.75. The Balaban J connectivity index is 2.23. The smallest absolute Gasteiger partial charge is 0.233 e. The van der Waals surface area contributed by atoms with Crippen LogP contribution >= 0.6 is 11.6 Å². The fraction of sp³-hybridized carbons (Fsp3) is 0. The van der Waals surface area contributed by atoms with E-state index in [1.54, 1.807) is 12.1 Å². The van der Waals surface area contributed by atoms with Gasteiger partial charge in [-0.3, -0.25) is 0 Å². The number of rotatable bonds is 2. The average molecular weight is 238 g/mol. The Morgan fingerprint density at radius 2 is 1.81 bits per heavy atom. The largest absolute Gasteiger partial charge is 0.508 e. The van der Waals surface area contributed by atoms with Crippen LogP contribution < -0.4 is 11.1 Å². The molecule has 0 saturated carbocycles. The first-order chi connectivity index (χ1) is 7.63. The normalized spacial score (nSPS) is 10.1. The number of nitrogens with two attached hydrogens (primary N) is 1. The number of aromatic hydroxyl groups is 1. The van der Waals surface area contributed by atoms with Gasteiger partial charge in [0.05, 0.1) is 0 Å². The van der Waals surface area contributed by atoms with E-state index >= 15 is 0 Å². The Hall–Kier alpha value is -2.08. The van der Waals surface area contributed by atoms with Crippen molar-refractivity contribution in [3.05, 3.63) is 29.5 Å². The Kier molecular flexibility index (Phi) is 2.74. The summed E-state index contributed by atoms with van der Waals surface area (Å²) in [5, 5.41) is 12.0. The lowest BCUT2D eigenvalue weighted by molar-refractivity contribution is 0.475. The van der Waals surface area contributed by atoms with E-state index < -0.39 is 0 Å². The number of hydrogen-bond acceptors (Lipinski definition) is 6. The third kappa shape index (κ3) is 2.48. The summed E-state index contributed by atoms with van der Waals surface area (Å²) < 4.78 is 0. The van der Waals surface area contributed by atoms with Gasteiger partial charge in [0.15, 0.2) is 0 Å². The second-order valence-corrected chi connectivity index (χ2v) is 3.30. The third-order valence-corrected chi connectivity index (χ3v) is 1.92. The minimum atomic E-state index is 0.0220. The van der Waals surface area contributed by atoms with Crippen LogP contribution in [0.3, 0.4) is 0 Å². The van der Waals surface area contributed by atoms with Gasteiger partial charge in [-0.2, -0.15) is 15.0 Å². The molecule has 1 aromatic heterocycles. The zero-order chi connectivity index (χ0) is 11.5. The SMILES string of the molecule is Nc1nc(Cl)nc(Nc2ccc(O)cc2)n1. The molecule has 0 spiro atoms. The van der Waals surface area contributed by atoms with Crippen molar-refractivity contribution in [2.24, 2.45) is 0 Å². The number of nitrogens with zero attached hydrogens (tertiary/aromatic N) is 3. The first-order valence-corrected chi connectivity index (χ1v) is 4.74. The molecule has 6 nitrogen and oxygen atoms in total. The molecular formula is C9H8ClN5O. The maximum absolute atomic E-state index is 9.10. The first kappa shape index (κ1) is 10.4. The van der Waals surface area contributed by atoms with Crippen LogP contribution in [0.5, 0.6) is 5.75 Å². The highest BCUT2D eigenvalue weighted by Crippen LogP contribution is 2.17. The lowest BCUT2D eigenvalue weighted by Gasteiger charge is -2.04. The van der Waals surface area contributed by atoms with Gasteiger partial charge < -0.3 is 16.2 Å². The summed E-state index contributed by atoms with van der Waals surface area (Å²) in [5.41, 5.74) is 6.12. The molecule has 4 N–H and O–H groups in total. The fourth-order valence-corrected chi connectivity index (χ4v) is 1.26. The maximum Gasteiger partial charge on any atom is 0.233 e. The molecule has 0 bridgehead atoms. The number of nitrogen functional groups attached to an aromatic ring is 1. The summed E-state index contributed by atoms with van der Waals surface area (Å²) in [7, 11) is 0. The molecule has 2 rings (SSSR count). The predicted molar refractivity (Wildman–Crippen MR) is 60.6 cm³/mol. The molecular weight excluding hydrogens is 230 g/mol. The molecule has 1 heterocycles. The van der Waals surface area contributed by atoms with Crippen molar-refractivity contribution in [2.75, 3.05) is 11.1 Å². The zero-order valence-electron chi connectivity index (χ0n) is 8.05. The maximum atomic E-state index is 9.10. The molecule has 0 fully saturated rings. The molecule has 0 atom stereocenters. The zero-order valence-corrected chi connectivity index (χ0v) is 8.81. The van der Waals surface area contributed by atoms with Gasteiger partial charge in [0, 0.05) is 5.69 Å². The van der Waals surface area contributed by atoms with Crippen molar-refractivity contribution in [3.63, 3.8) is 0 Å². The van der Waals surface area contributed by atoms with Gasteiger partial charge in [-0.15, -0.1) is 0 Å². The summed E-state index contributed by atoms with van der Waals surface area (Å²) >= 11 is 5.62. The molecule has 0 unspecified atom stereocenters. The average Bonchev–Trinajstić information content (AvgIpc) is 2.20. The monoisotopic (exact) mass is 237 g/mol. The minimum Gasteiger partial charge on any atom is -0.508 e. The summed E-state index contributed by atoms with van der Waals surface area (Å²) in [5.74, 6) is 0.475. The van der Waals surface area contributed by atoms with Crippen LogP contribution in [-0.2, 0) is 0 Å². The number of phenols is 1. The fourth-order valence-electron chi connectivity index (χ4n) is 1.10. The highest BCUT2D eigenvalue weighted by molar-refractivity contribution is 6.28. The first-order valence-electron chi connectivity index (χ1n) is 4.36. The van der Waals surface area contributed by atoms with Crippen LogP contribution in [0.15, 0.2) is 24.3 Å². The van der Waals surface area contributed by atoms with E-state index in [2.05, 4.69) is 20.3 Å². The molecule has 7 heteroatoms. The topological polar surface area (TPSA) is 97.0 Å². The van der Waals surface area contributed by atoms with E-state index in [9.17, 15) is 0 Å². The van der Waals surface area contributed by atoms with Gasteiger partial charge in [-0.1, -0.05) is 0 Å². The Bertz CT molecular complexity index is 482. The van der Waals surface area contributed by atoms with E-state index in [0.717, 1.165) is 0 Å². The van der Waals surface area contributed by atoms with E-state index in [0.29, 0.717) is 5.69 Å². The summed E-state index contributed by atoms with van der Waals surface area (Å²) in [6.07, 6.45) is 0. The van der Waals surface area contributed by atoms with E-state index in [4.69, 9.17) is 22.4 Å². The van der Waals surface area contributed by atoms with Crippen molar-refractivity contribution in [3.8, 4) is 5.75 Å². The minimum absolute atomic E-state index is 0.0220. The van der Waals surface area contributed by atoms with Crippen LogP contribution in [0, 0.1) is 0 Å². The lowest BCUT2D eigenvalue weighted by atomic mass is 10.3. The summed E-state index contributed by atoms with van der Waals surface area (Å²) in [4.78, 5) is 11.3. The van der Waals surface area contributed by atoms with Gasteiger partial charge in [0.1, 0.15) is 5.75 Å². The molecule has 0 aliphatic carbocycles. The number of halogens is 1. The van der Waals surface area contributed by atoms with Crippen LogP contribution in [0.1, 0.15) is 0 Å². The molecule has 0 radical (unpaired) electrons. The Morgan fingerprint density at radius 1 is 1.12 bits per heavy atom. The molecule has 0 saturated heterocycles. The second-order valence-electron chi connectivity index (χ2n) is 2.96. The number of aromatic nitrogens is 3. The number of benzene rings is 1. The quantitative estimate of drug-likeness (QED) is 0.686. The van der Waals surface area contributed by atoms with Gasteiger partial charge in [0.25, 0.3) is 0 Å². The number of nitrogens with one attached hydrogen (secondary N) is 1. The summed E-state index contributed by atoms with van der Waals surface area (Å²) in [6.45, 7) is 0. The van der Waals surface area contributed by atoms with Gasteiger partial charge in [0.2, 0.25) is 17.2 Å². The molecule has 0 aliphatic rings. The number of hydrogen-bond donors (Lipinski definition) is 3. The molecule has 0 aliphatic heterocycles. The second kappa shape index (κ2) is 4.19. The van der Waals surface area contributed by atoms with E-state index in [-0.39, 0.29) is 22.9 Å². The van der Waals surface area contributed by atoms with Crippen molar-refractivity contribution >= 4 is 29.2 Å². The van der Waals surface area contributed by atoms with Gasteiger partial charge in [-0.25, -0.2) is 0 Å². The van der Waals surface area contributed by atoms with Crippen molar-refractivity contribution in [1.82, 2.24) is 15.0 Å². The molecule has 82 valence electrons. The van der Waals surface area contributed by atoms with Crippen LogP contribution in [0.2, 0.25) is 5.28 Å². The van der Waals surface area contributed by atoms with Gasteiger partial charge >= 0.3 is 0 Å². The predicted octanol–water partition coefficient (Wildman–Crippen LogP) is 1.56. The van der Waals surface area contributed by atoms with E-state index in [1.165, 1.54) is 12.1 Å². The molecule has 16 heavy (non-hydrogen) atoms. The van der Waals surface area contributed by atoms with Crippen molar-refractivity contribution in [2.45, 2.75) is 0 Å². The van der Waals surface area contributed by atoms with Crippen molar-refractivity contribution in [1.29, 1.82) is 0 Å².